The number of methoxy groups -OCH3 is 1. The number of carbonyl (C=O) groups excluding carboxylic acids is 1. The Morgan fingerprint density at radius 3 is 2.85 bits per heavy atom. The zero-order chi connectivity index (χ0) is 14.4. The molecule has 0 radical (unpaired) electrons. The molecule has 0 amide bonds. The Kier molecular flexibility index (Phi) is 5.38. The average Bonchev–Trinajstić information content (AvgIpc) is 2.88. The Bertz CT molecular complexity index is 569. The molecular formula is C14H15ClN2O2S. The van der Waals surface area contributed by atoms with Gasteiger partial charge in [-0.2, -0.15) is 0 Å². The summed E-state index contributed by atoms with van der Waals surface area (Å²) >= 11 is 7.32. The third-order valence-electron chi connectivity index (χ3n) is 2.71. The maximum absolute atomic E-state index is 11.1. The number of benzene rings is 1. The zero-order valence-corrected chi connectivity index (χ0v) is 12.6. The summed E-state index contributed by atoms with van der Waals surface area (Å²) < 4.78 is 4.61. The highest BCUT2D eigenvalue weighted by Gasteiger charge is 2.07. The Balaban J connectivity index is 1.79. The molecule has 20 heavy (non-hydrogen) atoms. The van der Waals surface area contributed by atoms with E-state index in [9.17, 15) is 4.79 Å². The molecule has 2 aromatic rings. The number of aromatic nitrogens is 1. The average molecular weight is 311 g/mol. The van der Waals surface area contributed by atoms with E-state index >= 15 is 0 Å². The number of ether oxygens (including phenoxy) is 1. The first-order chi connectivity index (χ1) is 9.67. The van der Waals surface area contributed by atoms with Gasteiger partial charge in [0, 0.05) is 16.9 Å². The first-order valence-electron chi connectivity index (χ1n) is 6.17. The van der Waals surface area contributed by atoms with Crippen molar-refractivity contribution in [2.45, 2.75) is 12.8 Å². The number of nitrogens with zero attached hydrogens (tertiary/aromatic N) is 1. The topological polar surface area (TPSA) is 51.2 Å². The van der Waals surface area contributed by atoms with Gasteiger partial charge in [0.25, 0.3) is 0 Å². The maximum Gasteiger partial charge on any atom is 0.311 e. The monoisotopic (exact) mass is 310 g/mol. The Hall–Kier alpha value is -1.59. The smallest absolute Gasteiger partial charge is 0.311 e. The quantitative estimate of drug-likeness (QED) is 0.833. The van der Waals surface area contributed by atoms with Gasteiger partial charge in [0.2, 0.25) is 0 Å². The molecule has 0 atom stereocenters. The third kappa shape index (κ3) is 4.51. The number of rotatable bonds is 6. The minimum atomic E-state index is -0.275. The van der Waals surface area contributed by atoms with Crippen LogP contribution in [0.5, 0.6) is 0 Å². The number of anilines is 1. The van der Waals surface area contributed by atoms with E-state index < -0.39 is 0 Å². The number of carbonyl (C=O) groups is 1. The molecular weight excluding hydrogens is 296 g/mol. The lowest BCUT2D eigenvalue weighted by atomic mass is 10.1. The van der Waals surface area contributed by atoms with E-state index in [1.807, 2.05) is 29.6 Å². The molecule has 1 N–H and O–H groups in total. The van der Waals surface area contributed by atoms with Crippen LogP contribution in [0.1, 0.15) is 11.3 Å². The van der Waals surface area contributed by atoms with E-state index in [2.05, 4.69) is 15.0 Å². The van der Waals surface area contributed by atoms with E-state index in [1.165, 1.54) is 24.0 Å². The molecule has 1 aromatic heterocycles. The summed E-state index contributed by atoms with van der Waals surface area (Å²) in [6, 6.07) is 7.78. The van der Waals surface area contributed by atoms with Crippen molar-refractivity contribution < 1.29 is 9.53 Å². The third-order valence-corrected chi connectivity index (χ3v) is 3.81. The minimum absolute atomic E-state index is 0.214. The van der Waals surface area contributed by atoms with Crippen LogP contribution in [-0.4, -0.2) is 24.6 Å². The SMILES string of the molecule is COC(=O)Cc1csc(NCCc2ccc(Cl)cc2)n1. The molecule has 4 nitrogen and oxygen atoms in total. The second kappa shape index (κ2) is 7.26. The standard InChI is InChI=1S/C14H15ClN2O2S/c1-19-13(18)8-12-9-20-14(17-12)16-7-6-10-2-4-11(15)5-3-10/h2-5,9H,6-8H2,1H3,(H,16,17). The van der Waals surface area contributed by atoms with Gasteiger partial charge in [-0.1, -0.05) is 23.7 Å². The number of thiazole rings is 1. The Morgan fingerprint density at radius 1 is 1.40 bits per heavy atom. The molecule has 0 fully saturated rings. The molecule has 6 heteroatoms. The van der Waals surface area contributed by atoms with Crippen molar-refractivity contribution in [3.63, 3.8) is 0 Å². The van der Waals surface area contributed by atoms with Crippen molar-refractivity contribution in [3.05, 3.63) is 45.9 Å². The van der Waals surface area contributed by atoms with Gasteiger partial charge in [-0.3, -0.25) is 4.79 Å². The van der Waals surface area contributed by atoms with Crippen LogP contribution >= 0.6 is 22.9 Å². The molecule has 0 aliphatic rings. The van der Waals surface area contributed by atoms with E-state index in [0.29, 0.717) is 0 Å². The van der Waals surface area contributed by atoms with Crippen LogP contribution in [0.4, 0.5) is 5.13 Å². The number of halogens is 1. The normalized spacial score (nSPS) is 10.3. The summed E-state index contributed by atoms with van der Waals surface area (Å²) in [7, 11) is 1.37. The molecule has 0 unspecified atom stereocenters. The molecule has 0 saturated carbocycles. The molecule has 0 bridgehead atoms. The summed E-state index contributed by atoms with van der Waals surface area (Å²) in [6.45, 7) is 0.785. The second-order valence-corrected chi connectivity index (χ2v) is 5.49. The lowest BCUT2D eigenvalue weighted by molar-refractivity contribution is -0.139. The second-order valence-electron chi connectivity index (χ2n) is 4.20. The summed E-state index contributed by atoms with van der Waals surface area (Å²) in [5, 5.41) is 6.67. The van der Waals surface area contributed by atoms with Gasteiger partial charge in [0.15, 0.2) is 5.13 Å². The van der Waals surface area contributed by atoms with Gasteiger partial charge in [0.1, 0.15) is 0 Å². The Morgan fingerprint density at radius 2 is 2.15 bits per heavy atom. The van der Waals surface area contributed by atoms with Crippen molar-refractivity contribution in [2.24, 2.45) is 0 Å². The largest absolute Gasteiger partial charge is 0.469 e. The van der Waals surface area contributed by atoms with Crippen LogP contribution in [0.25, 0.3) is 0 Å². The van der Waals surface area contributed by atoms with Gasteiger partial charge in [0.05, 0.1) is 19.2 Å². The molecule has 0 spiro atoms. The number of nitrogens with one attached hydrogen (secondary N) is 1. The van der Waals surface area contributed by atoms with Gasteiger partial charge >= 0.3 is 5.97 Å². The van der Waals surface area contributed by atoms with Crippen LogP contribution in [0, 0.1) is 0 Å². The van der Waals surface area contributed by atoms with Crippen molar-refractivity contribution >= 4 is 34.0 Å². The van der Waals surface area contributed by atoms with E-state index in [0.717, 1.165) is 28.8 Å². The van der Waals surface area contributed by atoms with E-state index in [1.54, 1.807) is 0 Å². The van der Waals surface area contributed by atoms with Gasteiger partial charge in [-0.25, -0.2) is 4.98 Å². The minimum Gasteiger partial charge on any atom is -0.469 e. The predicted octanol–water partition coefficient (Wildman–Crippen LogP) is 3.17. The maximum atomic E-state index is 11.1. The van der Waals surface area contributed by atoms with Crippen LogP contribution < -0.4 is 5.32 Å². The lowest BCUT2D eigenvalue weighted by Crippen LogP contribution is -2.06. The lowest BCUT2D eigenvalue weighted by Gasteiger charge is -2.03. The van der Waals surface area contributed by atoms with Crippen molar-refractivity contribution in [3.8, 4) is 0 Å². The van der Waals surface area contributed by atoms with Gasteiger partial charge in [-0.15, -0.1) is 11.3 Å². The van der Waals surface area contributed by atoms with Gasteiger partial charge in [-0.05, 0) is 24.1 Å². The zero-order valence-electron chi connectivity index (χ0n) is 11.1. The number of esters is 1. The predicted molar refractivity (Wildman–Crippen MR) is 81.5 cm³/mol. The first kappa shape index (κ1) is 14.8. The van der Waals surface area contributed by atoms with Crippen LogP contribution in [-0.2, 0) is 22.4 Å². The van der Waals surface area contributed by atoms with Crippen LogP contribution in [0.2, 0.25) is 5.02 Å². The molecule has 0 aliphatic heterocycles. The highest BCUT2D eigenvalue weighted by Crippen LogP contribution is 2.16. The fourth-order valence-electron chi connectivity index (χ4n) is 1.65. The molecule has 2 rings (SSSR count). The molecule has 0 saturated heterocycles. The molecule has 0 aliphatic carbocycles. The van der Waals surface area contributed by atoms with E-state index in [4.69, 9.17) is 11.6 Å². The summed E-state index contributed by atoms with van der Waals surface area (Å²) in [5.74, 6) is -0.275. The van der Waals surface area contributed by atoms with Crippen LogP contribution in [0.15, 0.2) is 29.6 Å². The van der Waals surface area contributed by atoms with Crippen LogP contribution in [0.3, 0.4) is 0 Å². The number of hydrogen-bond donors (Lipinski definition) is 1. The van der Waals surface area contributed by atoms with Crippen molar-refractivity contribution in [1.29, 1.82) is 0 Å². The van der Waals surface area contributed by atoms with Crippen molar-refractivity contribution in [1.82, 2.24) is 4.98 Å². The molecule has 106 valence electrons. The highest BCUT2D eigenvalue weighted by atomic mass is 35.5. The fraction of sp³-hybridized carbons (Fsp3) is 0.286. The summed E-state index contributed by atoms with van der Waals surface area (Å²) in [5.41, 5.74) is 1.95. The Labute approximate surface area is 126 Å². The van der Waals surface area contributed by atoms with Gasteiger partial charge < -0.3 is 10.1 Å². The number of hydrogen-bond acceptors (Lipinski definition) is 5. The van der Waals surface area contributed by atoms with Crippen molar-refractivity contribution in [2.75, 3.05) is 19.0 Å². The highest BCUT2D eigenvalue weighted by molar-refractivity contribution is 7.13. The van der Waals surface area contributed by atoms with E-state index in [-0.39, 0.29) is 12.4 Å². The summed E-state index contributed by atoms with van der Waals surface area (Å²) in [4.78, 5) is 15.5. The summed E-state index contributed by atoms with van der Waals surface area (Å²) in [6.07, 6.45) is 1.11. The molecule has 1 heterocycles. The fourth-order valence-corrected chi connectivity index (χ4v) is 2.52. The molecule has 1 aromatic carbocycles. The first-order valence-corrected chi connectivity index (χ1v) is 7.42.